The Labute approximate surface area is 212 Å². The summed E-state index contributed by atoms with van der Waals surface area (Å²) in [7, 11) is 0. The fraction of sp³-hybridized carbons (Fsp3) is 0. The van der Waals surface area contributed by atoms with E-state index in [9.17, 15) is 0 Å². The molecule has 0 aliphatic rings. The Bertz CT molecular complexity index is 2160. The van der Waals surface area contributed by atoms with E-state index in [2.05, 4.69) is 119 Å². The number of pyridine rings is 1. The molecular weight excluding hydrogens is 452 g/mol. The predicted molar refractivity (Wildman–Crippen MR) is 152 cm³/mol. The summed E-state index contributed by atoms with van der Waals surface area (Å²) in [5, 5.41) is 8.10. The number of nitrogens with zero attached hydrogens (tertiary/aromatic N) is 4. The second-order valence-corrected chi connectivity index (χ2v) is 9.38. The quantitative estimate of drug-likeness (QED) is 0.255. The minimum absolute atomic E-state index is 0.621. The van der Waals surface area contributed by atoms with Crippen LogP contribution in [0.5, 0.6) is 0 Å². The number of benzene rings is 5. The molecule has 37 heavy (non-hydrogen) atoms. The van der Waals surface area contributed by atoms with Crippen molar-refractivity contribution < 1.29 is 0 Å². The lowest BCUT2D eigenvalue weighted by molar-refractivity contribution is 1.01. The van der Waals surface area contributed by atoms with E-state index in [1.165, 1.54) is 32.3 Å². The molecule has 0 aliphatic carbocycles. The van der Waals surface area contributed by atoms with Gasteiger partial charge < -0.3 is 0 Å². The lowest BCUT2D eigenvalue weighted by Gasteiger charge is -2.12. The first-order valence-corrected chi connectivity index (χ1v) is 12.4. The van der Waals surface area contributed by atoms with Crippen LogP contribution in [0.25, 0.3) is 71.6 Å². The maximum Gasteiger partial charge on any atom is 0.237 e. The monoisotopic (exact) mass is 472 g/mol. The molecule has 172 valence electrons. The van der Waals surface area contributed by atoms with Gasteiger partial charge in [0, 0.05) is 27.9 Å². The number of hydrogen-bond donors (Lipinski definition) is 0. The van der Waals surface area contributed by atoms with Crippen molar-refractivity contribution in [2.45, 2.75) is 0 Å². The molecule has 0 bridgehead atoms. The Morgan fingerprint density at radius 1 is 0.486 bits per heavy atom. The zero-order valence-corrected chi connectivity index (χ0v) is 19.8. The molecular formula is C33H20N4. The minimum atomic E-state index is 0.621. The summed E-state index contributed by atoms with van der Waals surface area (Å²) in [6.45, 7) is 0. The molecule has 3 heterocycles. The fourth-order valence-electron chi connectivity index (χ4n) is 5.48. The van der Waals surface area contributed by atoms with Gasteiger partial charge in [-0.1, -0.05) is 78.9 Å². The van der Waals surface area contributed by atoms with Gasteiger partial charge in [0.25, 0.3) is 0 Å². The third-order valence-electron chi connectivity index (χ3n) is 7.22. The summed E-state index contributed by atoms with van der Waals surface area (Å²) in [4.78, 5) is 14.8. The summed E-state index contributed by atoms with van der Waals surface area (Å²) in [5.41, 5.74) is 4.77. The molecule has 0 saturated carbocycles. The predicted octanol–water partition coefficient (Wildman–Crippen LogP) is 8.10. The van der Waals surface area contributed by atoms with E-state index >= 15 is 0 Å². The van der Waals surface area contributed by atoms with Crippen molar-refractivity contribution in [3.63, 3.8) is 0 Å². The molecule has 4 nitrogen and oxygen atoms in total. The highest BCUT2D eigenvalue weighted by molar-refractivity contribution is 6.13. The first kappa shape index (κ1) is 20.1. The summed E-state index contributed by atoms with van der Waals surface area (Å²) in [6.07, 6.45) is 1.79. The van der Waals surface area contributed by atoms with Gasteiger partial charge in [-0.05, 0) is 57.9 Å². The highest BCUT2D eigenvalue weighted by Gasteiger charge is 2.18. The Kier molecular flexibility index (Phi) is 4.19. The van der Waals surface area contributed by atoms with Crippen molar-refractivity contribution in [3.8, 4) is 17.2 Å². The van der Waals surface area contributed by atoms with Crippen molar-refractivity contribution in [3.05, 3.63) is 121 Å². The fourth-order valence-corrected chi connectivity index (χ4v) is 5.48. The Morgan fingerprint density at radius 2 is 1.19 bits per heavy atom. The van der Waals surface area contributed by atoms with Crippen LogP contribution in [0.15, 0.2) is 121 Å². The van der Waals surface area contributed by atoms with Crippen LogP contribution in [0.1, 0.15) is 0 Å². The van der Waals surface area contributed by atoms with Gasteiger partial charge in [-0.3, -0.25) is 4.57 Å². The number of rotatable bonds is 2. The Morgan fingerprint density at radius 3 is 2.05 bits per heavy atom. The van der Waals surface area contributed by atoms with Crippen LogP contribution < -0.4 is 0 Å². The lowest BCUT2D eigenvalue weighted by atomic mass is 10.0. The van der Waals surface area contributed by atoms with E-state index in [-0.39, 0.29) is 0 Å². The van der Waals surface area contributed by atoms with Crippen molar-refractivity contribution >= 4 is 54.4 Å². The van der Waals surface area contributed by atoms with E-state index in [4.69, 9.17) is 9.97 Å². The second-order valence-electron chi connectivity index (χ2n) is 9.38. The van der Waals surface area contributed by atoms with Crippen molar-refractivity contribution in [1.29, 1.82) is 0 Å². The summed E-state index contributed by atoms with van der Waals surface area (Å²) in [5.74, 6) is 0.621. The molecule has 0 spiro atoms. The normalized spacial score (nSPS) is 11.8. The average molecular weight is 473 g/mol. The zero-order chi connectivity index (χ0) is 24.3. The Hall–Kier alpha value is -5.09. The van der Waals surface area contributed by atoms with E-state index in [0.29, 0.717) is 11.6 Å². The van der Waals surface area contributed by atoms with Crippen LogP contribution in [0.3, 0.4) is 0 Å². The molecule has 8 rings (SSSR count). The van der Waals surface area contributed by atoms with Crippen molar-refractivity contribution in [1.82, 2.24) is 19.5 Å². The molecule has 0 saturated heterocycles. The summed E-state index contributed by atoms with van der Waals surface area (Å²) >= 11 is 0. The van der Waals surface area contributed by atoms with Crippen LogP contribution in [0, 0.1) is 0 Å². The molecule has 0 aliphatic heterocycles. The third kappa shape index (κ3) is 3.06. The van der Waals surface area contributed by atoms with Crippen LogP contribution >= 0.6 is 0 Å². The van der Waals surface area contributed by atoms with Crippen molar-refractivity contribution in [2.24, 2.45) is 0 Å². The van der Waals surface area contributed by atoms with Crippen LogP contribution in [-0.4, -0.2) is 19.5 Å². The van der Waals surface area contributed by atoms with Crippen LogP contribution in [0.4, 0.5) is 0 Å². The van der Waals surface area contributed by atoms with Gasteiger partial charge in [0.15, 0.2) is 5.65 Å². The molecule has 4 heteroatoms. The number of aromatic nitrogens is 4. The maximum absolute atomic E-state index is 5.21. The first-order chi connectivity index (χ1) is 18.3. The molecule has 8 aromatic rings. The van der Waals surface area contributed by atoms with Gasteiger partial charge in [-0.15, -0.1) is 0 Å². The van der Waals surface area contributed by atoms with Crippen molar-refractivity contribution in [2.75, 3.05) is 0 Å². The zero-order valence-electron chi connectivity index (χ0n) is 19.8. The van der Waals surface area contributed by atoms with E-state index in [1.807, 2.05) is 6.07 Å². The van der Waals surface area contributed by atoms with Gasteiger partial charge in [0.1, 0.15) is 0 Å². The topological polar surface area (TPSA) is 43.6 Å². The smallest absolute Gasteiger partial charge is 0.237 e. The van der Waals surface area contributed by atoms with E-state index < -0.39 is 0 Å². The SMILES string of the molecule is c1ccc2cc(-c3nc(-n4c5ccccc5c5cc6ccccc6cc54)nc4ncccc34)ccc2c1. The third-order valence-corrected chi connectivity index (χ3v) is 7.22. The summed E-state index contributed by atoms with van der Waals surface area (Å²) in [6, 6.07) is 40.4. The maximum atomic E-state index is 5.21. The molecule has 0 amide bonds. The number of para-hydroxylation sites is 1. The standard InChI is InChI=1S/C33H20N4/c1-2-9-22-18-25(16-15-21(22)8-1)31-27-13-7-17-34-32(27)36-33(35-31)37-29-14-6-5-12-26(29)28-19-23-10-3-4-11-24(23)20-30(28)37/h1-20H. The second kappa shape index (κ2) is 7.70. The van der Waals surface area contributed by atoms with E-state index in [0.717, 1.165) is 27.7 Å². The number of fused-ring (bicyclic) bond motifs is 6. The molecule has 0 atom stereocenters. The molecule has 3 aromatic heterocycles. The lowest BCUT2D eigenvalue weighted by Crippen LogP contribution is -2.04. The Balaban J connectivity index is 1.48. The minimum Gasteiger partial charge on any atom is -0.278 e. The highest BCUT2D eigenvalue weighted by Crippen LogP contribution is 2.35. The van der Waals surface area contributed by atoms with Gasteiger partial charge in [-0.25, -0.2) is 9.97 Å². The molecule has 0 N–H and O–H groups in total. The van der Waals surface area contributed by atoms with Crippen LogP contribution in [0.2, 0.25) is 0 Å². The molecule has 0 radical (unpaired) electrons. The van der Waals surface area contributed by atoms with Crippen LogP contribution in [-0.2, 0) is 0 Å². The molecule has 0 unspecified atom stereocenters. The van der Waals surface area contributed by atoms with E-state index in [1.54, 1.807) is 6.20 Å². The largest absolute Gasteiger partial charge is 0.278 e. The van der Waals surface area contributed by atoms with Gasteiger partial charge >= 0.3 is 0 Å². The van der Waals surface area contributed by atoms with Gasteiger partial charge in [-0.2, -0.15) is 4.98 Å². The first-order valence-electron chi connectivity index (χ1n) is 12.4. The molecule has 0 fully saturated rings. The molecule has 5 aromatic carbocycles. The number of hydrogen-bond acceptors (Lipinski definition) is 3. The van der Waals surface area contributed by atoms with Gasteiger partial charge in [0.2, 0.25) is 5.95 Å². The summed E-state index contributed by atoms with van der Waals surface area (Å²) < 4.78 is 2.18. The highest BCUT2D eigenvalue weighted by atomic mass is 15.2. The van der Waals surface area contributed by atoms with Gasteiger partial charge in [0.05, 0.1) is 16.7 Å². The average Bonchev–Trinajstić information content (AvgIpc) is 3.28.